The molecule has 0 heterocycles. The summed E-state index contributed by atoms with van der Waals surface area (Å²) in [6.07, 6.45) is 1.73. The number of aliphatic hydroxyl groups excluding tert-OH is 2. The van der Waals surface area contributed by atoms with Crippen molar-refractivity contribution in [1.82, 2.24) is 0 Å². The lowest BCUT2D eigenvalue weighted by Gasteiger charge is -2.05. The first-order chi connectivity index (χ1) is 8.83. The van der Waals surface area contributed by atoms with Crippen LogP contribution in [0, 0.1) is 0 Å². The van der Waals surface area contributed by atoms with Crippen LogP contribution in [0.4, 0.5) is 0 Å². The molecule has 2 aromatic rings. The van der Waals surface area contributed by atoms with Crippen LogP contribution in [0.15, 0.2) is 48.5 Å². The van der Waals surface area contributed by atoms with Gasteiger partial charge in [-0.25, -0.2) is 0 Å². The van der Waals surface area contributed by atoms with E-state index in [1.807, 2.05) is 24.3 Å². The average molecular weight is 242 g/mol. The second kappa shape index (κ2) is 6.34. The molecule has 0 saturated carbocycles. The molecule has 0 fully saturated rings. The quantitative estimate of drug-likeness (QED) is 0.846. The van der Waals surface area contributed by atoms with Crippen molar-refractivity contribution < 1.29 is 10.2 Å². The second-order valence-corrected chi connectivity index (χ2v) is 4.38. The Kier molecular flexibility index (Phi) is 4.51. The molecule has 0 aliphatic heterocycles. The van der Waals surface area contributed by atoms with Crippen molar-refractivity contribution >= 4 is 0 Å². The number of hydrogen-bond acceptors (Lipinski definition) is 2. The summed E-state index contributed by atoms with van der Waals surface area (Å²) in [5, 5.41) is 17.8. The second-order valence-electron chi connectivity index (χ2n) is 4.38. The Hall–Kier alpha value is -1.64. The Bertz CT molecular complexity index is 471. The van der Waals surface area contributed by atoms with Gasteiger partial charge in [-0.05, 0) is 35.1 Å². The van der Waals surface area contributed by atoms with E-state index in [1.165, 1.54) is 11.1 Å². The molecular formula is C16H18O2. The molecule has 0 aromatic heterocycles. The highest BCUT2D eigenvalue weighted by molar-refractivity contribution is 5.63. The van der Waals surface area contributed by atoms with E-state index < -0.39 is 0 Å². The van der Waals surface area contributed by atoms with Gasteiger partial charge in [0.1, 0.15) is 0 Å². The lowest BCUT2D eigenvalue weighted by Crippen LogP contribution is -1.89. The minimum Gasteiger partial charge on any atom is -0.396 e. The zero-order valence-electron chi connectivity index (χ0n) is 10.3. The van der Waals surface area contributed by atoms with Gasteiger partial charge in [0, 0.05) is 6.61 Å². The molecule has 0 spiro atoms. The van der Waals surface area contributed by atoms with E-state index in [9.17, 15) is 0 Å². The van der Waals surface area contributed by atoms with Gasteiger partial charge in [-0.1, -0.05) is 48.5 Å². The highest BCUT2D eigenvalue weighted by atomic mass is 16.3. The maximum atomic E-state index is 9.00. The van der Waals surface area contributed by atoms with Gasteiger partial charge in [-0.2, -0.15) is 0 Å². The Morgan fingerprint density at radius 3 is 1.61 bits per heavy atom. The summed E-state index contributed by atoms with van der Waals surface area (Å²) >= 11 is 0. The molecule has 2 aromatic carbocycles. The molecule has 0 bridgehead atoms. The van der Waals surface area contributed by atoms with Gasteiger partial charge in [0.2, 0.25) is 0 Å². The van der Waals surface area contributed by atoms with Crippen LogP contribution in [0.2, 0.25) is 0 Å². The fourth-order valence-electron chi connectivity index (χ4n) is 1.95. The zero-order chi connectivity index (χ0) is 12.8. The topological polar surface area (TPSA) is 40.5 Å². The molecule has 0 aliphatic carbocycles. The highest BCUT2D eigenvalue weighted by Gasteiger charge is 1.99. The molecule has 18 heavy (non-hydrogen) atoms. The van der Waals surface area contributed by atoms with E-state index in [1.54, 1.807) is 0 Å². The van der Waals surface area contributed by atoms with Crippen LogP contribution < -0.4 is 0 Å². The molecular weight excluding hydrogens is 224 g/mol. The summed E-state index contributed by atoms with van der Waals surface area (Å²) in [5.41, 5.74) is 4.51. The first kappa shape index (κ1) is 12.8. The maximum Gasteiger partial charge on any atom is 0.0681 e. The van der Waals surface area contributed by atoms with E-state index in [2.05, 4.69) is 24.3 Å². The predicted octanol–water partition coefficient (Wildman–Crippen LogP) is 2.77. The number of rotatable bonds is 5. The maximum absolute atomic E-state index is 9.00. The van der Waals surface area contributed by atoms with E-state index in [0.717, 1.165) is 24.0 Å². The summed E-state index contributed by atoms with van der Waals surface area (Å²) in [7, 11) is 0. The molecule has 2 rings (SSSR count). The minimum absolute atomic E-state index is 0.0837. The van der Waals surface area contributed by atoms with Gasteiger partial charge < -0.3 is 10.2 Å². The van der Waals surface area contributed by atoms with Crippen LogP contribution >= 0.6 is 0 Å². The van der Waals surface area contributed by atoms with Gasteiger partial charge >= 0.3 is 0 Å². The molecule has 2 N–H and O–H groups in total. The Morgan fingerprint density at radius 2 is 1.17 bits per heavy atom. The molecule has 0 unspecified atom stereocenters. The van der Waals surface area contributed by atoms with Crippen molar-refractivity contribution in [2.24, 2.45) is 0 Å². The Labute approximate surface area is 108 Å². The minimum atomic E-state index is 0.0837. The molecule has 0 saturated heterocycles. The molecule has 94 valence electrons. The smallest absolute Gasteiger partial charge is 0.0681 e. The Morgan fingerprint density at radius 1 is 0.667 bits per heavy atom. The van der Waals surface area contributed by atoms with Gasteiger partial charge in [0.15, 0.2) is 0 Å². The van der Waals surface area contributed by atoms with Crippen molar-refractivity contribution in [3.8, 4) is 11.1 Å². The van der Waals surface area contributed by atoms with Crippen LogP contribution in [0.1, 0.15) is 17.5 Å². The van der Waals surface area contributed by atoms with Crippen molar-refractivity contribution in [3.05, 3.63) is 59.7 Å². The van der Waals surface area contributed by atoms with Crippen molar-refractivity contribution in [2.75, 3.05) is 6.61 Å². The lowest BCUT2D eigenvalue weighted by molar-refractivity contribution is 0.282. The standard InChI is InChI=1S/C16H18O2/c17-11-1-2-13-3-7-15(8-4-13)16-9-5-14(12-18)6-10-16/h3-10,17-18H,1-2,11-12H2. The summed E-state index contributed by atoms with van der Waals surface area (Å²) in [6.45, 7) is 0.324. The van der Waals surface area contributed by atoms with Crippen LogP contribution in [-0.4, -0.2) is 16.8 Å². The fourth-order valence-corrected chi connectivity index (χ4v) is 1.95. The normalized spacial score (nSPS) is 10.6. The third kappa shape index (κ3) is 3.19. The molecule has 0 aliphatic rings. The van der Waals surface area contributed by atoms with Crippen LogP contribution in [0.5, 0.6) is 0 Å². The fraction of sp³-hybridized carbons (Fsp3) is 0.250. The molecule has 0 atom stereocenters. The summed E-state index contributed by atoms with van der Waals surface area (Å²) < 4.78 is 0. The summed E-state index contributed by atoms with van der Waals surface area (Å²) in [4.78, 5) is 0. The largest absolute Gasteiger partial charge is 0.396 e. The van der Waals surface area contributed by atoms with Gasteiger partial charge in [0.05, 0.1) is 6.61 Å². The number of aliphatic hydroxyl groups is 2. The lowest BCUT2D eigenvalue weighted by atomic mass is 10.0. The van der Waals surface area contributed by atoms with Crippen molar-refractivity contribution in [1.29, 1.82) is 0 Å². The Balaban J connectivity index is 2.12. The summed E-state index contributed by atoms with van der Waals surface area (Å²) in [5.74, 6) is 0. The van der Waals surface area contributed by atoms with Crippen molar-refractivity contribution in [3.63, 3.8) is 0 Å². The molecule has 2 heteroatoms. The molecule has 2 nitrogen and oxygen atoms in total. The monoisotopic (exact) mass is 242 g/mol. The molecule has 0 radical (unpaired) electrons. The summed E-state index contributed by atoms with van der Waals surface area (Å²) in [6, 6.07) is 16.3. The van der Waals surface area contributed by atoms with Crippen LogP contribution in [-0.2, 0) is 13.0 Å². The number of benzene rings is 2. The third-order valence-electron chi connectivity index (χ3n) is 3.05. The van der Waals surface area contributed by atoms with E-state index in [-0.39, 0.29) is 13.2 Å². The van der Waals surface area contributed by atoms with Gasteiger partial charge in [0.25, 0.3) is 0 Å². The van der Waals surface area contributed by atoms with Gasteiger partial charge in [-0.3, -0.25) is 0 Å². The van der Waals surface area contributed by atoms with E-state index in [4.69, 9.17) is 10.2 Å². The zero-order valence-corrected chi connectivity index (χ0v) is 10.3. The predicted molar refractivity (Wildman–Crippen MR) is 73.2 cm³/mol. The third-order valence-corrected chi connectivity index (χ3v) is 3.05. The SMILES string of the molecule is OCCCc1ccc(-c2ccc(CO)cc2)cc1. The van der Waals surface area contributed by atoms with E-state index >= 15 is 0 Å². The first-order valence-electron chi connectivity index (χ1n) is 6.23. The van der Waals surface area contributed by atoms with Crippen molar-refractivity contribution in [2.45, 2.75) is 19.4 Å². The highest BCUT2D eigenvalue weighted by Crippen LogP contribution is 2.20. The van der Waals surface area contributed by atoms with Gasteiger partial charge in [-0.15, -0.1) is 0 Å². The number of aryl methyl sites for hydroxylation is 1. The average Bonchev–Trinajstić information content (AvgIpc) is 2.46. The van der Waals surface area contributed by atoms with Crippen LogP contribution in [0.3, 0.4) is 0 Å². The first-order valence-corrected chi connectivity index (χ1v) is 6.23. The molecule has 0 amide bonds. The van der Waals surface area contributed by atoms with E-state index in [0.29, 0.717) is 0 Å². The number of hydrogen-bond donors (Lipinski definition) is 2. The van der Waals surface area contributed by atoms with Crippen LogP contribution in [0.25, 0.3) is 11.1 Å².